The van der Waals surface area contributed by atoms with Crippen LogP contribution in [0.25, 0.3) is 0 Å². The van der Waals surface area contributed by atoms with Crippen molar-refractivity contribution in [1.82, 2.24) is 4.98 Å². The zero-order valence-electron chi connectivity index (χ0n) is 8.21. The predicted octanol–water partition coefficient (Wildman–Crippen LogP) is 2.25. The number of ether oxygens (including phenoxy) is 1. The lowest BCUT2D eigenvalue weighted by molar-refractivity contribution is 0.0585. The topological polar surface area (TPSA) is 59.4 Å². The molecule has 16 heavy (non-hydrogen) atoms. The maximum Gasteiger partial charge on any atom is 0.340 e. The van der Waals surface area contributed by atoms with E-state index in [-0.39, 0.29) is 11.6 Å². The molecule has 0 atom stereocenters. The van der Waals surface area contributed by atoms with Gasteiger partial charge in [0, 0.05) is 0 Å². The van der Waals surface area contributed by atoms with Crippen LogP contribution < -0.4 is 0 Å². The lowest BCUT2D eigenvalue weighted by Crippen LogP contribution is -2.11. The molecule has 88 valence electrons. The fourth-order valence-corrected chi connectivity index (χ4v) is 1.41. The number of aromatic nitrogens is 1. The number of carbonyl (C=O) groups is 1. The van der Waals surface area contributed by atoms with E-state index in [1.807, 2.05) is 0 Å². The SMILES string of the molecule is COC(=O)c1c(CCl)ncc(O)c1C(F)F. The molecule has 1 rings (SSSR count). The smallest absolute Gasteiger partial charge is 0.340 e. The Morgan fingerprint density at radius 1 is 1.69 bits per heavy atom. The number of rotatable bonds is 3. The molecule has 0 aliphatic rings. The summed E-state index contributed by atoms with van der Waals surface area (Å²) in [7, 11) is 1.04. The Balaban J connectivity index is 3.48. The van der Waals surface area contributed by atoms with Gasteiger partial charge in [-0.25, -0.2) is 13.6 Å². The van der Waals surface area contributed by atoms with Crippen molar-refractivity contribution in [3.63, 3.8) is 0 Å². The van der Waals surface area contributed by atoms with Crippen LogP contribution in [-0.4, -0.2) is 23.2 Å². The van der Waals surface area contributed by atoms with Crippen LogP contribution >= 0.6 is 11.6 Å². The Morgan fingerprint density at radius 2 is 2.31 bits per heavy atom. The Bertz CT molecular complexity index is 412. The minimum atomic E-state index is -3.01. The van der Waals surface area contributed by atoms with Crippen LogP contribution in [-0.2, 0) is 10.6 Å². The minimum absolute atomic E-state index is 0.0541. The first-order chi connectivity index (χ1) is 7.52. The fourth-order valence-electron chi connectivity index (χ4n) is 1.21. The summed E-state index contributed by atoms with van der Waals surface area (Å²) in [4.78, 5) is 14.9. The van der Waals surface area contributed by atoms with E-state index in [0.717, 1.165) is 13.3 Å². The molecule has 7 heteroatoms. The number of alkyl halides is 3. The summed E-state index contributed by atoms with van der Waals surface area (Å²) in [5.74, 6) is -2.00. The van der Waals surface area contributed by atoms with Gasteiger partial charge in [0.2, 0.25) is 0 Å². The van der Waals surface area contributed by atoms with E-state index in [0.29, 0.717) is 0 Å². The van der Waals surface area contributed by atoms with Crippen LogP contribution in [0.2, 0.25) is 0 Å². The van der Waals surface area contributed by atoms with Crippen molar-refractivity contribution in [1.29, 1.82) is 0 Å². The van der Waals surface area contributed by atoms with Gasteiger partial charge in [-0.05, 0) is 0 Å². The van der Waals surface area contributed by atoms with E-state index in [9.17, 15) is 18.7 Å². The van der Waals surface area contributed by atoms with Gasteiger partial charge in [0.15, 0.2) is 0 Å². The standard InChI is InChI=1S/C9H8ClF2NO3/c1-16-9(15)6-4(2-10)13-3-5(14)7(6)8(11)12/h3,8,14H,2H2,1H3. The largest absolute Gasteiger partial charge is 0.506 e. The van der Waals surface area contributed by atoms with E-state index in [4.69, 9.17) is 11.6 Å². The first-order valence-corrected chi connectivity index (χ1v) is 4.69. The highest BCUT2D eigenvalue weighted by Gasteiger charge is 2.26. The van der Waals surface area contributed by atoms with Crippen LogP contribution in [0.3, 0.4) is 0 Å². The molecule has 0 bridgehead atoms. The average molecular weight is 252 g/mol. The monoisotopic (exact) mass is 251 g/mol. The zero-order valence-corrected chi connectivity index (χ0v) is 8.96. The lowest BCUT2D eigenvalue weighted by atomic mass is 10.1. The van der Waals surface area contributed by atoms with Crippen molar-refractivity contribution < 1.29 is 23.4 Å². The van der Waals surface area contributed by atoms with Gasteiger partial charge in [0.25, 0.3) is 6.43 Å². The van der Waals surface area contributed by atoms with Crippen LogP contribution in [0.15, 0.2) is 6.20 Å². The summed E-state index contributed by atoms with van der Waals surface area (Å²) in [6.45, 7) is 0. The highest BCUT2D eigenvalue weighted by Crippen LogP contribution is 2.33. The Hall–Kier alpha value is -1.43. The quantitative estimate of drug-likeness (QED) is 0.661. The molecule has 0 aliphatic carbocycles. The third kappa shape index (κ3) is 2.21. The lowest BCUT2D eigenvalue weighted by Gasteiger charge is -2.11. The molecule has 1 heterocycles. The molecule has 1 aromatic rings. The van der Waals surface area contributed by atoms with Gasteiger partial charge < -0.3 is 9.84 Å². The van der Waals surface area contributed by atoms with Gasteiger partial charge in [0.1, 0.15) is 5.75 Å². The Kier molecular flexibility index (Phi) is 4.00. The zero-order chi connectivity index (χ0) is 12.3. The van der Waals surface area contributed by atoms with Gasteiger partial charge in [-0.15, -0.1) is 11.6 Å². The number of pyridine rings is 1. The minimum Gasteiger partial charge on any atom is -0.506 e. The molecule has 0 fully saturated rings. The van der Waals surface area contributed by atoms with Crippen molar-refractivity contribution >= 4 is 17.6 Å². The second-order valence-corrected chi connectivity index (χ2v) is 3.07. The normalized spacial score (nSPS) is 10.6. The van der Waals surface area contributed by atoms with E-state index < -0.39 is 29.3 Å². The molecule has 0 spiro atoms. The molecule has 1 aromatic heterocycles. The summed E-state index contributed by atoms with van der Waals surface area (Å²) < 4.78 is 29.7. The number of halogens is 3. The second kappa shape index (κ2) is 5.07. The number of hydrogen-bond acceptors (Lipinski definition) is 4. The van der Waals surface area contributed by atoms with Gasteiger partial charge in [-0.3, -0.25) is 4.98 Å². The van der Waals surface area contributed by atoms with Crippen molar-refractivity contribution in [2.24, 2.45) is 0 Å². The molecule has 0 amide bonds. The Morgan fingerprint density at radius 3 is 2.75 bits per heavy atom. The van der Waals surface area contributed by atoms with Gasteiger partial charge in [-0.1, -0.05) is 0 Å². The first kappa shape index (κ1) is 12.6. The highest BCUT2D eigenvalue weighted by molar-refractivity contribution is 6.17. The van der Waals surface area contributed by atoms with Crippen LogP contribution in [0.4, 0.5) is 8.78 Å². The number of carbonyl (C=O) groups excluding carboxylic acids is 1. The fraction of sp³-hybridized carbons (Fsp3) is 0.333. The maximum atomic E-state index is 12.7. The van der Waals surface area contributed by atoms with Gasteiger partial charge >= 0.3 is 5.97 Å². The number of nitrogens with zero attached hydrogens (tertiary/aromatic N) is 1. The highest BCUT2D eigenvalue weighted by atomic mass is 35.5. The maximum absolute atomic E-state index is 12.7. The molecule has 0 aromatic carbocycles. The molecule has 0 saturated heterocycles. The summed E-state index contributed by atoms with van der Waals surface area (Å²) in [6.07, 6.45) is -2.19. The van der Waals surface area contributed by atoms with Crippen molar-refractivity contribution in [3.05, 3.63) is 23.0 Å². The molecule has 0 radical (unpaired) electrons. The third-order valence-electron chi connectivity index (χ3n) is 1.91. The van der Waals surface area contributed by atoms with Crippen LogP contribution in [0.5, 0.6) is 5.75 Å². The van der Waals surface area contributed by atoms with Crippen molar-refractivity contribution in [2.45, 2.75) is 12.3 Å². The van der Waals surface area contributed by atoms with E-state index in [1.54, 1.807) is 0 Å². The van der Waals surface area contributed by atoms with Crippen molar-refractivity contribution in [2.75, 3.05) is 7.11 Å². The second-order valence-electron chi connectivity index (χ2n) is 2.80. The van der Waals surface area contributed by atoms with E-state index >= 15 is 0 Å². The summed E-state index contributed by atoms with van der Waals surface area (Å²) in [5, 5.41) is 9.23. The number of methoxy groups -OCH3 is 1. The molecule has 0 saturated carbocycles. The molecule has 1 N–H and O–H groups in total. The first-order valence-electron chi connectivity index (χ1n) is 4.16. The molecule has 4 nitrogen and oxygen atoms in total. The summed E-state index contributed by atoms with van der Waals surface area (Å²) in [5.41, 5.74) is -1.34. The van der Waals surface area contributed by atoms with E-state index in [1.165, 1.54) is 0 Å². The molecule has 0 unspecified atom stereocenters. The summed E-state index contributed by atoms with van der Waals surface area (Å²) in [6, 6.07) is 0. The van der Waals surface area contributed by atoms with Crippen LogP contribution in [0.1, 0.15) is 28.0 Å². The Labute approximate surface area is 94.8 Å². The van der Waals surface area contributed by atoms with Crippen molar-refractivity contribution in [3.8, 4) is 5.75 Å². The third-order valence-corrected chi connectivity index (χ3v) is 2.16. The summed E-state index contributed by atoms with van der Waals surface area (Å²) >= 11 is 5.47. The molecular formula is C9H8ClF2NO3. The van der Waals surface area contributed by atoms with Gasteiger partial charge in [-0.2, -0.15) is 0 Å². The number of esters is 1. The molecular weight excluding hydrogens is 244 g/mol. The van der Waals surface area contributed by atoms with Gasteiger partial charge in [0.05, 0.1) is 36.0 Å². The van der Waals surface area contributed by atoms with Crippen LogP contribution in [0, 0.1) is 0 Å². The predicted molar refractivity (Wildman–Crippen MR) is 51.8 cm³/mol. The van der Waals surface area contributed by atoms with E-state index in [2.05, 4.69) is 9.72 Å². The molecule has 0 aliphatic heterocycles. The average Bonchev–Trinajstić information content (AvgIpc) is 2.27. The number of aromatic hydroxyl groups is 1. The number of hydrogen-bond donors (Lipinski definition) is 1.